The number of benzene rings is 4. The number of nitrogens with zero attached hydrogens (tertiary/aromatic N) is 1. The Labute approximate surface area is 232 Å². The Morgan fingerprint density at radius 3 is 2.20 bits per heavy atom. The van der Waals surface area contributed by atoms with Crippen molar-refractivity contribution < 1.29 is 19.0 Å². The lowest BCUT2D eigenvalue weighted by Crippen LogP contribution is -2.25. The van der Waals surface area contributed by atoms with Crippen molar-refractivity contribution in [3.05, 3.63) is 119 Å². The first kappa shape index (κ1) is 26.6. The summed E-state index contributed by atoms with van der Waals surface area (Å²) in [6.45, 7) is 0.403. The number of hydrogen-bond acceptors (Lipinski definition) is 5. The van der Waals surface area contributed by atoms with Crippen LogP contribution in [0.25, 0.3) is 21.9 Å². The second-order valence-corrected chi connectivity index (χ2v) is 9.35. The minimum atomic E-state index is -0.269. The van der Waals surface area contributed by atoms with Gasteiger partial charge in [0.25, 0.3) is 5.56 Å². The molecule has 40 heavy (non-hydrogen) atoms. The lowest BCUT2D eigenvalue weighted by molar-refractivity contribution is -0.115. The summed E-state index contributed by atoms with van der Waals surface area (Å²) in [5.74, 6) is 1.90. The highest BCUT2D eigenvalue weighted by molar-refractivity contribution is 6.05. The van der Waals surface area contributed by atoms with E-state index in [1.54, 1.807) is 45.5 Å². The van der Waals surface area contributed by atoms with Gasteiger partial charge in [0.2, 0.25) is 5.91 Å². The van der Waals surface area contributed by atoms with Crippen LogP contribution in [0, 0.1) is 0 Å². The van der Waals surface area contributed by atoms with Crippen LogP contribution in [0.15, 0.2) is 102 Å². The van der Waals surface area contributed by atoms with Crippen molar-refractivity contribution in [1.82, 2.24) is 4.57 Å². The molecule has 0 saturated carbocycles. The molecule has 5 aromatic rings. The minimum Gasteiger partial charge on any atom is -0.497 e. The van der Waals surface area contributed by atoms with Crippen molar-refractivity contribution in [2.75, 3.05) is 19.5 Å². The Balaban J connectivity index is 1.45. The zero-order valence-corrected chi connectivity index (χ0v) is 22.6. The molecule has 0 radical (unpaired) electrons. The van der Waals surface area contributed by atoms with E-state index in [4.69, 9.17) is 14.2 Å². The molecule has 0 aliphatic rings. The second kappa shape index (κ2) is 11.8. The molecule has 202 valence electrons. The average molecular weight is 535 g/mol. The molecule has 0 spiro atoms. The average Bonchev–Trinajstić information content (AvgIpc) is 2.99. The van der Waals surface area contributed by atoms with Crippen LogP contribution >= 0.6 is 0 Å². The van der Waals surface area contributed by atoms with E-state index in [0.29, 0.717) is 40.4 Å². The van der Waals surface area contributed by atoms with Crippen LogP contribution in [0.2, 0.25) is 0 Å². The van der Waals surface area contributed by atoms with Crippen LogP contribution in [0.4, 0.5) is 5.82 Å². The Kier molecular flexibility index (Phi) is 7.82. The fourth-order valence-corrected chi connectivity index (χ4v) is 4.70. The standard InChI is InChI=1S/C33H30N2O5/c1-35-32(31(24-12-8-5-9-13-24)27-20-25(38-2)15-16-26(27)33(35)37)34-30(36)19-23-14-17-28(29(18-23)39-3)40-21-22-10-6-4-7-11-22/h4-18,20H,19,21H2,1-3H3,(H,34,36). The molecule has 7 heteroatoms. The maximum absolute atomic E-state index is 13.4. The number of rotatable bonds is 9. The number of ether oxygens (including phenoxy) is 3. The summed E-state index contributed by atoms with van der Waals surface area (Å²) in [6, 6.07) is 30.3. The highest BCUT2D eigenvalue weighted by atomic mass is 16.5. The number of carbonyl (C=O) groups excluding carboxylic acids is 1. The maximum Gasteiger partial charge on any atom is 0.259 e. The van der Waals surface area contributed by atoms with E-state index in [1.807, 2.05) is 72.8 Å². The van der Waals surface area contributed by atoms with Crippen molar-refractivity contribution in [2.45, 2.75) is 13.0 Å². The van der Waals surface area contributed by atoms with E-state index in [2.05, 4.69) is 5.32 Å². The van der Waals surface area contributed by atoms with Crippen LogP contribution in [-0.4, -0.2) is 24.7 Å². The fourth-order valence-electron chi connectivity index (χ4n) is 4.70. The summed E-state index contributed by atoms with van der Waals surface area (Å²) in [6.07, 6.45) is 0.0773. The SMILES string of the molecule is COc1ccc2c(=O)n(C)c(NC(=O)Cc3ccc(OCc4ccccc4)c(OC)c3)c(-c3ccccc3)c2c1. The van der Waals surface area contributed by atoms with E-state index >= 15 is 0 Å². The summed E-state index contributed by atoms with van der Waals surface area (Å²) in [5, 5.41) is 4.24. The second-order valence-electron chi connectivity index (χ2n) is 9.35. The molecule has 1 heterocycles. The van der Waals surface area contributed by atoms with Crippen molar-refractivity contribution in [2.24, 2.45) is 7.05 Å². The molecule has 1 amide bonds. The smallest absolute Gasteiger partial charge is 0.259 e. The Morgan fingerprint density at radius 2 is 1.50 bits per heavy atom. The number of carbonyl (C=O) groups is 1. The van der Waals surface area contributed by atoms with E-state index in [1.165, 1.54) is 4.57 Å². The van der Waals surface area contributed by atoms with Crippen molar-refractivity contribution in [3.63, 3.8) is 0 Å². The third-order valence-electron chi connectivity index (χ3n) is 6.75. The molecular weight excluding hydrogens is 504 g/mol. The first-order chi connectivity index (χ1) is 19.5. The monoisotopic (exact) mass is 534 g/mol. The van der Waals surface area contributed by atoms with Gasteiger partial charge in [-0.3, -0.25) is 14.2 Å². The predicted molar refractivity (Wildman–Crippen MR) is 157 cm³/mol. The van der Waals surface area contributed by atoms with Crippen molar-refractivity contribution >= 4 is 22.5 Å². The molecule has 0 aliphatic carbocycles. The van der Waals surface area contributed by atoms with Gasteiger partial charge in [-0.2, -0.15) is 0 Å². The van der Waals surface area contributed by atoms with E-state index in [-0.39, 0.29) is 17.9 Å². The first-order valence-electron chi connectivity index (χ1n) is 12.9. The van der Waals surface area contributed by atoms with Crippen molar-refractivity contribution in [1.29, 1.82) is 0 Å². The lowest BCUT2D eigenvalue weighted by atomic mass is 9.98. The van der Waals surface area contributed by atoms with Gasteiger partial charge in [0.15, 0.2) is 11.5 Å². The Bertz CT molecular complexity index is 1710. The van der Waals surface area contributed by atoms with Gasteiger partial charge in [0, 0.05) is 23.4 Å². The lowest BCUT2D eigenvalue weighted by Gasteiger charge is -2.19. The number of aromatic nitrogens is 1. The first-order valence-corrected chi connectivity index (χ1v) is 12.9. The van der Waals surface area contributed by atoms with Crippen LogP contribution in [-0.2, 0) is 24.9 Å². The van der Waals surface area contributed by atoms with Gasteiger partial charge in [0.05, 0.1) is 20.6 Å². The van der Waals surface area contributed by atoms with Gasteiger partial charge in [-0.05, 0) is 47.0 Å². The summed E-state index contributed by atoms with van der Waals surface area (Å²) in [7, 11) is 4.81. The molecule has 0 atom stereocenters. The van der Waals surface area contributed by atoms with E-state index in [0.717, 1.165) is 22.3 Å². The maximum atomic E-state index is 13.4. The van der Waals surface area contributed by atoms with Crippen LogP contribution < -0.4 is 25.1 Å². The zero-order valence-electron chi connectivity index (χ0n) is 22.6. The number of pyridine rings is 1. The normalized spacial score (nSPS) is 10.8. The highest BCUT2D eigenvalue weighted by Crippen LogP contribution is 2.36. The third-order valence-corrected chi connectivity index (χ3v) is 6.75. The van der Waals surface area contributed by atoms with Gasteiger partial charge in [0.1, 0.15) is 18.2 Å². The molecule has 1 aromatic heterocycles. The molecule has 0 unspecified atom stereocenters. The number of amides is 1. The molecule has 0 bridgehead atoms. The van der Waals surface area contributed by atoms with Crippen LogP contribution in [0.5, 0.6) is 17.2 Å². The number of nitrogens with one attached hydrogen (secondary N) is 1. The Morgan fingerprint density at radius 1 is 0.775 bits per heavy atom. The largest absolute Gasteiger partial charge is 0.497 e. The minimum absolute atomic E-state index is 0.0773. The highest BCUT2D eigenvalue weighted by Gasteiger charge is 2.19. The van der Waals surface area contributed by atoms with Gasteiger partial charge >= 0.3 is 0 Å². The molecule has 0 saturated heterocycles. The van der Waals surface area contributed by atoms with E-state index in [9.17, 15) is 9.59 Å². The molecule has 5 rings (SSSR count). The van der Waals surface area contributed by atoms with Crippen LogP contribution in [0.1, 0.15) is 11.1 Å². The number of anilines is 1. The fraction of sp³-hybridized carbons (Fsp3) is 0.152. The van der Waals surface area contributed by atoms with E-state index < -0.39 is 0 Å². The van der Waals surface area contributed by atoms with Crippen LogP contribution in [0.3, 0.4) is 0 Å². The quantitative estimate of drug-likeness (QED) is 0.252. The molecule has 0 fully saturated rings. The number of hydrogen-bond donors (Lipinski definition) is 1. The molecule has 4 aromatic carbocycles. The van der Waals surface area contributed by atoms with Crippen molar-refractivity contribution in [3.8, 4) is 28.4 Å². The van der Waals surface area contributed by atoms with Gasteiger partial charge in [-0.25, -0.2) is 0 Å². The zero-order chi connectivity index (χ0) is 28.1. The summed E-state index contributed by atoms with van der Waals surface area (Å²) in [4.78, 5) is 26.7. The van der Waals surface area contributed by atoms with Gasteiger partial charge in [-0.15, -0.1) is 0 Å². The summed E-state index contributed by atoms with van der Waals surface area (Å²) in [5.41, 5.74) is 3.19. The summed E-state index contributed by atoms with van der Waals surface area (Å²) < 4.78 is 18.4. The third kappa shape index (κ3) is 5.54. The molecule has 0 aliphatic heterocycles. The Hall–Kier alpha value is -5.04. The topological polar surface area (TPSA) is 78.8 Å². The van der Waals surface area contributed by atoms with Gasteiger partial charge < -0.3 is 19.5 Å². The number of methoxy groups -OCH3 is 2. The number of fused-ring (bicyclic) bond motifs is 1. The predicted octanol–water partition coefficient (Wildman–Crippen LogP) is 5.98. The molecular formula is C33H30N2O5. The summed E-state index contributed by atoms with van der Waals surface area (Å²) >= 11 is 0. The van der Waals surface area contributed by atoms with Gasteiger partial charge in [-0.1, -0.05) is 66.7 Å². The molecule has 1 N–H and O–H groups in total. The molecule has 7 nitrogen and oxygen atoms in total.